The molecule has 194 valence electrons. The number of carbonyl (C=O) groups is 3. The highest BCUT2D eigenvalue weighted by Gasteiger charge is 2.27. The molecular weight excluding hydrogens is 488 g/mol. The number of hydrogen-bond donors (Lipinski definition) is 5. The minimum atomic E-state index is -0.917. The maximum absolute atomic E-state index is 13.3. The van der Waals surface area contributed by atoms with Crippen molar-refractivity contribution in [2.45, 2.75) is 37.1 Å². The van der Waals surface area contributed by atoms with Gasteiger partial charge in [-0.2, -0.15) is 11.8 Å². The van der Waals surface area contributed by atoms with Crippen LogP contribution in [0.15, 0.2) is 84.9 Å². The van der Waals surface area contributed by atoms with Crippen molar-refractivity contribution in [3.05, 3.63) is 102 Å². The molecule has 3 amide bonds. The lowest BCUT2D eigenvalue weighted by Crippen LogP contribution is -2.56. The Morgan fingerprint density at radius 3 is 1.86 bits per heavy atom. The number of aromatic hydroxyl groups is 1. The Kier molecular flexibility index (Phi) is 11.0. The predicted octanol–water partition coefficient (Wildman–Crippen LogP) is 2.46. The third-order valence-electron chi connectivity index (χ3n) is 5.67. The molecule has 2 atom stereocenters. The van der Waals surface area contributed by atoms with E-state index in [0.29, 0.717) is 5.75 Å². The van der Waals surface area contributed by atoms with E-state index in [-0.39, 0.29) is 30.9 Å². The molecule has 0 aliphatic heterocycles. The molecule has 0 heterocycles. The monoisotopic (exact) mass is 520 g/mol. The number of carbonyl (C=O) groups excluding carboxylic acids is 3. The quantitative estimate of drug-likeness (QED) is 0.102. The molecule has 0 radical (unpaired) electrons. The minimum Gasteiger partial charge on any atom is -0.508 e. The van der Waals surface area contributed by atoms with E-state index in [2.05, 4.69) is 16.1 Å². The first-order valence-electron chi connectivity index (χ1n) is 12.0. The van der Waals surface area contributed by atoms with Gasteiger partial charge >= 0.3 is 0 Å². The molecule has 37 heavy (non-hydrogen) atoms. The Bertz CT molecular complexity index is 1140. The highest BCUT2D eigenvalue weighted by molar-refractivity contribution is 7.98. The van der Waals surface area contributed by atoms with Crippen molar-refractivity contribution < 1.29 is 19.5 Å². The Morgan fingerprint density at radius 1 is 0.730 bits per heavy atom. The maximum atomic E-state index is 13.3. The van der Waals surface area contributed by atoms with Gasteiger partial charge in [-0.25, -0.2) is 5.84 Å². The van der Waals surface area contributed by atoms with E-state index in [1.54, 1.807) is 23.9 Å². The van der Waals surface area contributed by atoms with Crippen molar-refractivity contribution in [1.29, 1.82) is 0 Å². The van der Waals surface area contributed by atoms with Crippen molar-refractivity contribution in [1.82, 2.24) is 16.1 Å². The molecular formula is C28H32N4O4S. The van der Waals surface area contributed by atoms with Gasteiger partial charge in [0.25, 0.3) is 5.91 Å². The van der Waals surface area contributed by atoms with Crippen LogP contribution in [-0.4, -0.2) is 40.7 Å². The lowest BCUT2D eigenvalue weighted by Gasteiger charge is -2.23. The van der Waals surface area contributed by atoms with Crippen LogP contribution >= 0.6 is 11.8 Å². The minimum absolute atomic E-state index is 0.103. The van der Waals surface area contributed by atoms with E-state index in [9.17, 15) is 19.5 Å². The van der Waals surface area contributed by atoms with Crippen LogP contribution in [0.1, 0.15) is 23.1 Å². The molecule has 9 heteroatoms. The summed E-state index contributed by atoms with van der Waals surface area (Å²) in [6.07, 6.45) is 0.677. The van der Waals surface area contributed by atoms with Crippen LogP contribution in [0.3, 0.4) is 0 Å². The van der Waals surface area contributed by atoms with Gasteiger partial charge in [0, 0.05) is 30.8 Å². The van der Waals surface area contributed by atoms with E-state index in [1.807, 2.05) is 60.7 Å². The smallest absolute Gasteiger partial charge is 0.256 e. The number of hydrazine groups is 1. The number of hydrogen-bond acceptors (Lipinski definition) is 6. The topological polar surface area (TPSA) is 134 Å². The molecule has 3 aromatic carbocycles. The SMILES string of the molecule is NNC(=O)[C@H](Cc1ccccc1)NC(=O)[C@H](Cc1ccc(O)cc1)NC(=O)CCSCc1ccccc1. The summed E-state index contributed by atoms with van der Waals surface area (Å²) >= 11 is 1.64. The normalized spacial score (nSPS) is 12.2. The third kappa shape index (κ3) is 9.63. The zero-order valence-electron chi connectivity index (χ0n) is 20.4. The summed E-state index contributed by atoms with van der Waals surface area (Å²) in [5.41, 5.74) is 4.89. The van der Waals surface area contributed by atoms with Crippen LogP contribution < -0.4 is 21.9 Å². The number of phenols is 1. The van der Waals surface area contributed by atoms with Gasteiger partial charge in [0.1, 0.15) is 17.8 Å². The van der Waals surface area contributed by atoms with Crippen molar-refractivity contribution >= 4 is 29.5 Å². The Morgan fingerprint density at radius 2 is 1.27 bits per heavy atom. The molecule has 0 aliphatic carbocycles. The molecule has 3 rings (SSSR count). The molecule has 0 bridgehead atoms. The number of nitrogens with one attached hydrogen (secondary N) is 3. The fraction of sp³-hybridized carbons (Fsp3) is 0.250. The van der Waals surface area contributed by atoms with Gasteiger partial charge in [0.15, 0.2) is 0 Å². The molecule has 3 aromatic rings. The van der Waals surface area contributed by atoms with E-state index < -0.39 is 23.9 Å². The van der Waals surface area contributed by atoms with Crippen LogP contribution in [0, 0.1) is 0 Å². The second kappa shape index (κ2) is 14.7. The van der Waals surface area contributed by atoms with Crippen LogP contribution in [-0.2, 0) is 33.0 Å². The number of phenolic OH excluding ortho intramolecular Hbond substituents is 1. The average molecular weight is 521 g/mol. The predicted molar refractivity (Wildman–Crippen MR) is 145 cm³/mol. The van der Waals surface area contributed by atoms with Gasteiger partial charge in [-0.3, -0.25) is 19.8 Å². The fourth-order valence-corrected chi connectivity index (χ4v) is 4.61. The summed E-state index contributed by atoms with van der Waals surface area (Å²) in [7, 11) is 0. The summed E-state index contributed by atoms with van der Waals surface area (Å²) in [6.45, 7) is 0. The first-order chi connectivity index (χ1) is 17.9. The van der Waals surface area contributed by atoms with Crippen molar-refractivity contribution in [2.75, 3.05) is 5.75 Å². The summed E-state index contributed by atoms with van der Waals surface area (Å²) in [4.78, 5) is 38.4. The van der Waals surface area contributed by atoms with Gasteiger partial charge in [0.2, 0.25) is 11.8 Å². The van der Waals surface area contributed by atoms with Crippen LogP contribution in [0.2, 0.25) is 0 Å². The van der Waals surface area contributed by atoms with Crippen LogP contribution in [0.25, 0.3) is 0 Å². The molecule has 8 nitrogen and oxygen atoms in total. The first kappa shape index (κ1) is 27.8. The molecule has 0 saturated carbocycles. The number of rotatable bonds is 13. The Hall–Kier alpha value is -3.82. The van der Waals surface area contributed by atoms with Gasteiger partial charge < -0.3 is 15.7 Å². The van der Waals surface area contributed by atoms with E-state index in [0.717, 1.165) is 16.9 Å². The molecule has 6 N–H and O–H groups in total. The number of amides is 3. The van der Waals surface area contributed by atoms with Crippen LogP contribution in [0.5, 0.6) is 5.75 Å². The summed E-state index contributed by atoms with van der Waals surface area (Å²) in [5.74, 6) is 5.56. The fourth-order valence-electron chi connectivity index (χ4n) is 3.70. The van der Waals surface area contributed by atoms with Crippen LogP contribution in [0.4, 0.5) is 0 Å². The Labute approximate surface area is 221 Å². The molecule has 0 spiro atoms. The second-order valence-electron chi connectivity index (χ2n) is 8.54. The molecule has 0 saturated heterocycles. The van der Waals surface area contributed by atoms with E-state index >= 15 is 0 Å². The van der Waals surface area contributed by atoms with Gasteiger partial charge in [0.05, 0.1) is 0 Å². The van der Waals surface area contributed by atoms with Gasteiger partial charge in [-0.15, -0.1) is 0 Å². The molecule has 0 unspecified atom stereocenters. The van der Waals surface area contributed by atoms with E-state index in [1.165, 1.54) is 17.7 Å². The molecule has 0 fully saturated rings. The maximum Gasteiger partial charge on any atom is 0.256 e. The average Bonchev–Trinajstić information content (AvgIpc) is 2.92. The zero-order chi connectivity index (χ0) is 26.5. The third-order valence-corrected chi connectivity index (χ3v) is 6.70. The molecule has 0 aliphatic rings. The highest BCUT2D eigenvalue weighted by atomic mass is 32.2. The lowest BCUT2D eigenvalue weighted by atomic mass is 10.0. The largest absolute Gasteiger partial charge is 0.508 e. The van der Waals surface area contributed by atoms with E-state index in [4.69, 9.17) is 5.84 Å². The molecule has 0 aromatic heterocycles. The number of benzene rings is 3. The van der Waals surface area contributed by atoms with Crippen molar-refractivity contribution in [3.8, 4) is 5.75 Å². The summed E-state index contributed by atoms with van der Waals surface area (Å²) < 4.78 is 0. The number of nitrogens with two attached hydrogens (primary N) is 1. The summed E-state index contributed by atoms with van der Waals surface area (Å²) in [5, 5.41) is 15.1. The second-order valence-corrected chi connectivity index (χ2v) is 9.64. The Balaban J connectivity index is 1.64. The van der Waals surface area contributed by atoms with Gasteiger partial charge in [-0.1, -0.05) is 72.8 Å². The zero-order valence-corrected chi connectivity index (χ0v) is 21.2. The highest BCUT2D eigenvalue weighted by Crippen LogP contribution is 2.14. The lowest BCUT2D eigenvalue weighted by molar-refractivity contribution is -0.132. The van der Waals surface area contributed by atoms with Crippen molar-refractivity contribution in [2.24, 2.45) is 5.84 Å². The van der Waals surface area contributed by atoms with Gasteiger partial charge in [-0.05, 0) is 28.8 Å². The first-order valence-corrected chi connectivity index (χ1v) is 13.1. The standard InChI is InChI=1S/C28H32N4O4S/c29-32-28(36)25(17-20-7-3-1-4-8-20)31-27(35)24(18-21-11-13-23(33)14-12-21)30-26(34)15-16-37-19-22-9-5-2-6-10-22/h1-14,24-25,33H,15-19,29H2,(H,30,34)(H,31,35)(H,32,36)/t24-,25-/m0/s1. The van der Waals surface area contributed by atoms with Crippen molar-refractivity contribution in [3.63, 3.8) is 0 Å². The number of thioether (sulfide) groups is 1. The summed E-state index contributed by atoms with van der Waals surface area (Å²) in [6, 6.07) is 23.8.